The van der Waals surface area contributed by atoms with E-state index in [4.69, 9.17) is 0 Å². The van der Waals surface area contributed by atoms with Gasteiger partial charge in [0, 0.05) is 18.8 Å². The lowest BCUT2D eigenvalue weighted by Crippen LogP contribution is -2.30. The number of carbonyl (C=O) groups is 1. The minimum Gasteiger partial charge on any atom is -0.507 e. The number of nitrogens with zero attached hydrogens (tertiary/aromatic N) is 2. The Hall–Kier alpha value is -2.43. The van der Waals surface area contributed by atoms with Crippen LogP contribution in [0.4, 0.5) is 4.39 Å². The first-order chi connectivity index (χ1) is 9.61. The number of aromatic hydroxyl groups is 1. The third-order valence-electron chi connectivity index (χ3n) is 2.94. The molecule has 0 saturated carbocycles. The molecule has 0 saturated heterocycles. The lowest BCUT2D eigenvalue weighted by atomic mass is 10.1. The molecule has 1 aromatic carbocycles. The lowest BCUT2D eigenvalue weighted by Gasteiger charge is -2.21. The van der Waals surface area contributed by atoms with Gasteiger partial charge >= 0.3 is 0 Å². The normalized spacial score (nSPS) is 10.3. The van der Waals surface area contributed by atoms with Gasteiger partial charge in [0.25, 0.3) is 5.91 Å². The minimum atomic E-state index is -0.577. The number of phenols is 1. The standard InChI is InChI=1S/C15H15FN2O2/c1-2-18(10-12-5-3-4-8-17-12)15(20)13-7-6-11(16)9-14(13)19/h3-9,19H,2,10H2,1H3. The molecule has 2 rings (SSSR count). The molecule has 1 amide bonds. The predicted molar refractivity (Wildman–Crippen MR) is 72.7 cm³/mol. The zero-order valence-corrected chi connectivity index (χ0v) is 11.1. The quantitative estimate of drug-likeness (QED) is 0.932. The van der Waals surface area contributed by atoms with E-state index in [1.165, 1.54) is 11.0 Å². The summed E-state index contributed by atoms with van der Waals surface area (Å²) in [6.45, 7) is 2.64. The molecule has 1 aromatic heterocycles. The second-order valence-corrected chi connectivity index (χ2v) is 4.30. The summed E-state index contributed by atoms with van der Waals surface area (Å²) in [4.78, 5) is 18.0. The maximum absolute atomic E-state index is 12.9. The molecule has 20 heavy (non-hydrogen) atoms. The molecule has 2 aromatic rings. The van der Waals surface area contributed by atoms with Gasteiger partial charge in [-0.15, -0.1) is 0 Å². The third-order valence-corrected chi connectivity index (χ3v) is 2.94. The molecule has 1 N–H and O–H groups in total. The maximum atomic E-state index is 12.9. The second-order valence-electron chi connectivity index (χ2n) is 4.30. The third kappa shape index (κ3) is 3.12. The van der Waals surface area contributed by atoms with Gasteiger partial charge < -0.3 is 10.0 Å². The van der Waals surface area contributed by atoms with Gasteiger partial charge in [-0.05, 0) is 31.2 Å². The summed E-state index contributed by atoms with van der Waals surface area (Å²) in [6, 6.07) is 8.83. The number of rotatable bonds is 4. The average molecular weight is 274 g/mol. The molecule has 0 fully saturated rings. The van der Waals surface area contributed by atoms with E-state index in [9.17, 15) is 14.3 Å². The van der Waals surface area contributed by atoms with Crippen LogP contribution < -0.4 is 0 Å². The van der Waals surface area contributed by atoms with Crippen molar-refractivity contribution >= 4 is 5.91 Å². The van der Waals surface area contributed by atoms with Crippen LogP contribution in [0, 0.1) is 5.82 Å². The highest BCUT2D eigenvalue weighted by Crippen LogP contribution is 2.20. The zero-order valence-electron chi connectivity index (χ0n) is 11.1. The van der Waals surface area contributed by atoms with Crippen LogP contribution in [0.1, 0.15) is 23.0 Å². The summed E-state index contributed by atoms with van der Waals surface area (Å²) in [5.74, 6) is -1.28. The van der Waals surface area contributed by atoms with Crippen LogP contribution in [0.25, 0.3) is 0 Å². The Labute approximate surface area is 116 Å². The van der Waals surface area contributed by atoms with E-state index in [1.54, 1.807) is 12.3 Å². The van der Waals surface area contributed by atoms with Crippen LogP contribution in [0.2, 0.25) is 0 Å². The number of aromatic nitrogens is 1. The SMILES string of the molecule is CCN(Cc1ccccn1)C(=O)c1ccc(F)cc1O. The van der Waals surface area contributed by atoms with Crippen LogP contribution in [-0.4, -0.2) is 27.4 Å². The highest BCUT2D eigenvalue weighted by Gasteiger charge is 2.18. The fourth-order valence-electron chi connectivity index (χ4n) is 1.87. The summed E-state index contributed by atoms with van der Waals surface area (Å²) >= 11 is 0. The molecule has 0 aliphatic heterocycles. The fraction of sp³-hybridized carbons (Fsp3) is 0.200. The molecule has 0 aliphatic carbocycles. The van der Waals surface area contributed by atoms with Crippen LogP contribution >= 0.6 is 0 Å². The van der Waals surface area contributed by atoms with Gasteiger partial charge in [0.1, 0.15) is 11.6 Å². The molecule has 0 bridgehead atoms. The maximum Gasteiger partial charge on any atom is 0.257 e. The molecule has 0 radical (unpaired) electrons. The van der Waals surface area contributed by atoms with Crippen molar-refractivity contribution in [3.8, 4) is 5.75 Å². The van der Waals surface area contributed by atoms with E-state index in [2.05, 4.69) is 4.98 Å². The van der Waals surface area contributed by atoms with Crippen molar-refractivity contribution in [2.75, 3.05) is 6.54 Å². The highest BCUT2D eigenvalue weighted by molar-refractivity contribution is 5.96. The van der Waals surface area contributed by atoms with E-state index < -0.39 is 5.82 Å². The Morgan fingerprint density at radius 3 is 2.75 bits per heavy atom. The van der Waals surface area contributed by atoms with Crippen LogP contribution in [-0.2, 0) is 6.54 Å². The highest BCUT2D eigenvalue weighted by atomic mass is 19.1. The Morgan fingerprint density at radius 1 is 1.35 bits per heavy atom. The number of halogens is 1. The van der Waals surface area contributed by atoms with Gasteiger partial charge in [-0.2, -0.15) is 0 Å². The topological polar surface area (TPSA) is 53.4 Å². The molecule has 0 unspecified atom stereocenters. The van der Waals surface area contributed by atoms with Crippen LogP contribution in [0.3, 0.4) is 0 Å². The Morgan fingerprint density at radius 2 is 2.15 bits per heavy atom. The van der Waals surface area contributed by atoms with Gasteiger partial charge in [-0.3, -0.25) is 9.78 Å². The molecular weight excluding hydrogens is 259 g/mol. The molecule has 1 heterocycles. The minimum absolute atomic E-state index is 0.0872. The van der Waals surface area contributed by atoms with Gasteiger partial charge in [0.15, 0.2) is 0 Å². The molecule has 0 atom stereocenters. The number of carbonyl (C=O) groups excluding carboxylic acids is 1. The first kappa shape index (κ1) is 14.0. The summed E-state index contributed by atoms with van der Waals surface area (Å²) < 4.78 is 12.9. The van der Waals surface area contributed by atoms with Gasteiger partial charge in [-0.25, -0.2) is 4.39 Å². The number of amides is 1. The largest absolute Gasteiger partial charge is 0.507 e. The van der Waals surface area contributed by atoms with Crippen LogP contribution in [0.15, 0.2) is 42.6 Å². The van der Waals surface area contributed by atoms with E-state index in [0.717, 1.165) is 17.8 Å². The predicted octanol–water partition coefficient (Wildman–Crippen LogP) is 2.59. The lowest BCUT2D eigenvalue weighted by molar-refractivity contribution is 0.0747. The Bertz CT molecular complexity index is 602. The molecule has 0 aliphatic rings. The Balaban J connectivity index is 2.21. The summed E-state index contributed by atoms with van der Waals surface area (Å²) in [7, 11) is 0. The monoisotopic (exact) mass is 274 g/mol. The van der Waals surface area contributed by atoms with Gasteiger partial charge in [0.05, 0.1) is 17.8 Å². The van der Waals surface area contributed by atoms with Crippen molar-refractivity contribution in [3.63, 3.8) is 0 Å². The van der Waals surface area contributed by atoms with E-state index >= 15 is 0 Å². The van der Waals surface area contributed by atoms with Crippen molar-refractivity contribution < 1.29 is 14.3 Å². The van der Waals surface area contributed by atoms with Gasteiger partial charge in [-0.1, -0.05) is 6.07 Å². The zero-order chi connectivity index (χ0) is 14.5. The van der Waals surface area contributed by atoms with Gasteiger partial charge in [0.2, 0.25) is 0 Å². The molecule has 0 spiro atoms. The van der Waals surface area contributed by atoms with Crippen molar-refractivity contribution in [3.05, 3.63) is 59.7 Å². The number of pyridine rings is 1. The fourth-order valence-corrected chi connectivity index (χ4v) is 1.87. The first-order valence-electron chi connectivity index (χ1n) is 6.29. The summed E-state index contributed by atoms with van der Waals surface area (Å²) in [5, 5.41) is 9.67. The summed E-state index contributed by atoms with van der Waals surface area (Å²) in [6.07, 6.45) is 1.66. The second kappa shape index (κ2) is 6.14. The molecule has 4 nitrogen and oxygen atoms in total. The van der Waals surface area contributed by atoms with Crippen molar-refractivity contribution in [2.24, 2.45) is 0 Å². The van der Waals surface area contributed by atoms with Crippen LogP contribution in [0.5, 0.6) is 5.75 Å². The number of phenolic OH excluding ortho intramolecular Hbond substituents is 1. The van der Waals surface area contributed by atoms with E-state index in [0.29, 0.717) is 13.1 Å². The number of benzene rings is 1. The number of hydrogen-bond donors (Lipinski definition) is 1. The van der Waals surface area contributed by atoms with Crippen molar-refractivity contribution in [1.82, 2.24) is 9.88 Å². The van der Waals surface area contributed by atoms with E-state index in [1.807, 2.05) is 19.1 Å². The first-order valence-corrected chi connectivity index (χ1v) is 6.29. The number of hydrogen-bond acceptors (Lipinski definition) is 3. The molecule has 5 heteroatoms. The summed E-state index contributed by atoms with van der Waals surface area (Å²) in [5.41, 5.74) is 0.841. The molecular formula is C15H15FN2O2. The molecule has 104 valence electrons. The smallest absolute Gasteiger partial charge is 0.257 e. The average Bonchev–Trinajstić information content (AvgIpc) is 2.45. The van der Waals surface area contributed by atoms with Crippen molar-refractivity contribution in [2.45, 2.75) is 13.5 Å². The van der Waals surface area contributed by atoms with E-state index in [-0.39, 0.29) is 17.2 Å². The van der Waals surface area contributed by atoms with Crippen molar-refractivity contribution in [1.29, 1.82) is 0 Å². The Kier molecular flexibility index (Phi) is 4.30.